The number of esters is 1. The minimum Gasteiger partial charge on any atom is -0.467 e. The van der Waals surface area contributed by atoms with Crippen molar-refractivity contribution in [2.24, 2.45) is 5.92 Å². The molecule has 0 aliphatic carbocycles. The number of hydrogen-bond acceptors (Lipinski definition) is 6. The largest absolute Gasteiger partial charge is 0.467 e. The highest BCUT2D eigenvalue weighted by molar-refractivity contribution is 9.13. The SMILES string of the molecule is C=C[C@H](CN(C(=O)c1cc(Br)c(Br)n1-c1c(C)cc(C)cc1C)C(COC)C(=O)OC)[C@H](COCc1ccccc1)O[Si](C)(C)C(C)(C)C. The molecule has 0 aliphatic rings. The van der Waals surface area contributed by atoms with Crippen LogP contribution in [-0.2, 0) is 30.0 Å². The zero-order valence-corrected chi connectivity index (χ0v) is 34.7. The van der Waals surface area contributed by atoms with Crippen LogP contribution in [0.1, 0.15) is 53.5 Å². The van der Waals surface area contributed by atoms with Crippen molar-refractivity contribution < 1.29 is 28.2 Å². The first-order chi connectivity index (χ1) is 23.0. The molecule has 3 aromatic rings. The van der Waals surface area contributed by atoms with E-state index >= 15 is 0 Å². The van der Waals surface area contributed by atoms with Crippen LogP contribution in [-0.4, -0.2) is 75.8 Å². The van der Waals surface area contributed by atoms with Gasteiger partial charge in [-0.3, -0.25) is 9.36 Å². The fraction of sp³-hybridized carbons (Fsp3) is 0.474. The highest BCUT2D eigenvalue weighted by Gasteiger charge is 2.42. The maximum absolute atomic E-state index is 15.0. The van der Waals surface area contributed by atoms with E-state index in [1.165, 1.54) is 19.1 Å². The van der Waals surface area contributed by atoms with E-state index in [1.807, 2.05) is 55.7 Å². The Morgan fingerprint density at radius 1 is 1.00 bits per heavy atom. The molecule has 0 spiro atoms. The molecule has 0 saturated heterocycles. The summed E-state index contributed by atoms with van der Waals surface area (Å²) in [7, 11) is 0.485. The molecular formula is C38H52Br2N2O6Si. The van der Waals surface area contributed by atoms with Crippen LogP contribution in [0, 0.1) is 26.7 Å². The van der Waals surface area contributed by atoms with Crippen LogP contribution in [0.15, 0.2) is 70.3 Å². The predicted octanol–water partition coefficient (Wildman–Crippen LogP) is 8.97. The summed E-state index contributed by atoms with van der Waals surface area (Å²) >= 11 is 7.36. The number of nitrogens with zero attached hydrogens (tertiary/aromatic N) is 2. The summed E-state index contributed by atoms with van der Waals surface area (Å²) in [6.07, 6.45) is 1.34. The fourth-order valence-corrected chi connectivity index (χ4v) is 7.90. The summed E-state index contributed by atoms with van der Waals surface area (Å²) in [5.41, 5.74) is 5.42. The lowest BCUT2D eigenvalue weighted by Gasteiger charge is -2.42. The van der Waals surface area contributed by atoms with Gasteiger partial charge >= 0.3 is 5.97 Å². The van der Waals surface area contributed by atoms with Crippen molar-refractivity contribution in [3.8, 4) is 5.69 Å². The van der Waals surface area contributed by atoms with Crippen LogP contribution < -0.4 is 0 Å². The fourth-order valence-electron chi connectivity index (χ4n) is 5.67. The molecule has 268 valence electrons. The Balaban J connectivity index is 2.14. The van der Waals surface area contributed by atoms with Gasteiger partial charge in [-0.1, -0.05) is 74.9 Å². The van der Waals surface area contributed by atoms with Crippen LogP contribution in [0.5, 0.6) is 0 Å². The Labute approximate surface area is 310 Å². The number of carbonyl (C=O) groups excluding carboxylic acids is 2. The Morgan fingerprint density at radius 3 is 2.14 bits per heavy atom. The van der Waals surface area contributed by atoms with Gasteiger partial charge in [0, 0.05) is 19.6 Å². The molecule has 8 nitrogen and oxygen atoms in total. The average molecular weight is 821 g/mol. The first kappa shape index (κ1) is 40.9. The Morgan fingerprint density at radius 2 is 1.61 bits per heavy atom. The van der Waals surface area contributed by atoms with Gasteiger partial charge in [0.2, 0.25) is 0 Å². The summed E-state index contributed by atoms with van der Waals surface area (Å²) < 4.78 is 27.3. The molecule has 0 fully saturated rings. The Hall–Kier alpha value is -2.54. The molecule has 0 aliphatic heterocycles. The number of amides is 1. The van der Waals surface area contributed by atoms with Crippen LogP contribution >= 0.6 is 31.9 Å². The zero-order valence-electron chi connectivity index (χ0n) is 30.6. The van der Waals surface area contributed by atoms with E-state index in [-0.39, 0.29) is 30.7 Å². The minimum atomic E-state index is -2.33. The molecule has 0 bridgehead atoms. The quantitative estimate of drug-likeness (QED) is 0.0817. The van der Waals surface area contributed by atoms with Gasteiger partial charge in [0.15, 0.2) is 14.4 Å². The minimum absolute atomic E-state index is 0.0633. The van der Waals surface area contributed by atoms with E-state index in [2.05, 4.69) is 84.4 Å². The molecule has 0 N–H and O–H groups in total. The van der Waals surface area contributed by atoms with Gasteiger partial charge in [0.05, 0.1) is 43.2 Å². The third kappa shape index (κ3) is 10.0. The number of aryl methyl sites for hydroxylation is 3. The van der Waals surface area contributed by atoms with Gasteiger partial charge in [-0.25, -0.2) is 4.79 Å². The number of benzene rings is 2. The molecule has 1 amide bonds. The van der Waals surface area contributed by atoms with Gasteiger partial charge < -0.3 is 23.5 Å². The summed E-state index contributed by atoms with van der Waals surface area (Å²) in [5, 5.41) is -0.0837. The van der Waals surface area contributed by atoms with Crippen molar-refractivity contribution in [1.29, 1.82) is 0 Å². The van der Waals surface area contributed by atoms with E-state index in [0.717, 1.165) is 27.9 Å². The summed E-state index contributed by atoms with van der Waals surface area (Å²) in [4.78, 5) is 29.9. The van der Waals surface area contributed by atoms with Crippen LogP contribution in [0.25, 0.3) is 5.69 Å². The van der Waals surface area contributed by atoms with Gasteiger partial charge in [0.25, 0.3) is 5.91 Å². The molecule has 0 saturated carbocycles. The second-order valence-electron chi connectivity index (χ2n) is 14.0. The molecule has 1 heterocycles. The Kier molecular flexibility index (Phi) is 14.7. The van der Waals surface area contributed by atoms with E-state index in [0.29, 0.717) is 21.4 Å². The molecule has 2 aromatic carbocycles. The highest BCUT2D eigenvalue weighted by atomic mass is 79.9. The van der Waals surface area contributed by atoms with Crippen molar-refractivity contribution in [2.75, 3.05) is 34.0 Å². The van der Waals surface area contributed by atoms with Crippen LogP contribution in [0.4, 0.5) is 0 Å². The van der Waals surface area contributed by atoms with Crippen molar-refractivity contribution in [1.82, 2.24) is 9.47 Å². The number of carbonyl (C=O) groups is 2. The average Bonchev–Trinajstić information content (AvgIpc) is 3.32. The van der Waals surface area contributed by atoms with E-state index < -0.39 is 32.4 Å². The van der Waals surface area contributed by atoms with Crippen molar-refractivity contribution >= 4 is 52.1 Å². The van der Waals surface area contributed by atoms with Crippen LogP contribution in [0.3, 0.4) is 0 Å². The molecule has 1 aromatic heterocycles. The van der Waals surface area contributed by atoms with Gasteiger partial charge in [-0.15, -0.1) is 6.58 Å². The summed E-state index contributed by atoms with van der Waals surface area (Å²) in [6, 6.07) is 14.9. The molecule has 3 rings (SSSR count). The summed E-state index contributed by atoms with van der Waals surface area (Å²) in [6.45, 7) is 21.9. The Bertz CT molecular complexity index is 1580. The lowest BCUT2D eigenvalue weighted by atomic mass is 10.0. The zero-order chi connectivity index (χ0) is 36.7. The number of rotatable bonds is 16. The number of hydrogen-bond donors (Lipinski definition) is 0. The molecule has 3 atom stereocenters. The molecular weight excluding hydrogens is 768 g/mol. The number of halogens is 2. The third-order valence-corrected chi connectivity index (χ3v) is 15.7. The van der Waals surface area contributed by atoms with Gasteiger partial charge in [-0.2, -0.15) is 0 Å². The number of ether oxygens (including phenoxy) is 3. The molecule has 11 heteroatoms. The second kappa shape index (κ2) is 17.6. The van der Waals surface area contributed by atoms with Crippen molar-refractivity contribution in [3.63, 3.8) is 0 Å². The van der Waals surface area contributed by atoms with E-state index in [1.54, 1.807) is 12.1 Å². The predicted molar refractivity (Wildman–Crippen MR) is 206 cm³/mol. The summed E-state index contributed by atoms with van der Waals surface area (Å²) in [5.74, 6) is -1.36. The third-order valence-electron chi connectivity index (χ3n) is 9.24. The van der Waals surface area contributed by atoms with E-state index in [9.17, 15) is 9.59 Å². The van der Waals surface area contributed by atoms with Crippen molar-refractivity contribution in [3.05, 3.63) is 98.2 Å². The first-order valence-electron chi connectivity index (χ1n) is 16.4. The molecule has 0 radical (unpaired) electrons. The lowest BCUT2D eigenvalue weighted by Crippen LogP contribution is -2.53. The maximum atomic E-state index is 15.0. The monoisotopic (exact) mass is 818 g/mol. The molecule has 49 heavy (non-hydrogen) atoms. The highest BCUT2D eigenvalue weighted by Crippen LogP contribution is 2.39. The first-order valence-corrected chi connectivity index (χ1v) is 20.9. The lowest BCUT2D eigenvalue weighted by molar-refractivity contribution is -0.148. The maximum Gasteiger partial charge on any atom is 0.331 e. The van der Waals surface area contributed by atoms with Gasteiger partial charge in [0.1, 0.15) is 10.3 Å². The molecule has 1 unspecified atom stereocenters. The van der Waals surface area contributed by atoms with Crippen molar-refractivity contribution in [2.45, 2.75) is 78.4 Å². The second-order valence-corrected chi connectivity index (χ2v) is 20.4. The standard InChI is InChI=1S/C38H52Br2N2O6Si/c1-12-29(33(48-49(10,11)38(5,6)7)24-47-22-28-16-14-13-15-17-28)21-41(32(23-45-8)37(44)46-9)36(43)31-20-30(39)35(40)42(31)34-26(3)18-25(2)19-27(34)4/h12-20,29,32-33H,1,21-24H2,2-11H3/t29-,32?,33+/m1/s1. The van der Waals surface area contributed by atoms with Crippen LogP contribution in [0.2, 0.25) is 18.1 Å². The smallest absolute Gasteiger partial charge is 0.331 e. The number of methoxy groups -OCH3 is 2. The normalized spacial score (nSPS) is 13.9. The topological polar surface area (TPSA) is 79.2 Å². The number of aromatic nitrogens is 1. The van der Waals surface area contributed by atoms with E-state index in [4.69, 9.17) is 18.6 Å². The van der Waals surface area contributed by atoms with Gasteiger partial charge in [-0.05, 0) is 93.5 Å².